The van der Waals surface area contributed by atoms with Crippen LogP contribution in [0.4, 0.5) is 5.13 Å². The molecule has 3 heterocycles. The van der Waals surface area contributed by atoms with Crippen LogP contribution in [-0.4, -0.2) is 34.8 Å². The summed E-state index contributed by atoms with van der Waals surface area (Å²) in [6.45, 7) is 0. The first-order valence-electron chi connectivity index (χ1n) is 8.47. The molecule has 13 heteroatoms. The van der Waals surface area contributed by atoms with Gasteiger partial charge in [0.1, 0.15) is 0 Å². The number of benzene rings is 1. The molecule has 0 aliphatic heterocycles. The largest absolute Gasteiger partial charge is 0.332 e. The van der Waals surface area contributed by atoms with Crippen LogP contribution >= 0.6 is 39.0 Å². The minimum absolute atomic E-state index is 0.292. The van der Waals surface area contributed by atoms with E-state index >= 15 is 0 Å². The summed E-state index contributed by atoms with van der Waals surface area (Å²) in [6.07, 6.45) is 0. The van der Waals surface area contributed by atoms with Gasteiger partial charge in [-0.15, -0.1) is 10.2 Å². The van der Waals surface area contributed by atoms with Crippen molar-refractivity contribution in [3.8, 4) is 0 Å². The molecule has 154 valence electrons. The Balaban J connectivity index is 1.62. The Labute approximate surface area is 185 Å². The molecule has 1 aromatic carbocycles. The molecule has 0 atom stereocenters. The number of fused-ring (bicyclic) bond motifs is 1. The lowest BCUT2D eigenvalue weighted by Crippen LogP contribution is -2.37. The first-order valence-corrected chi connectivity index (χ1v) is 10.9. The number of imidazole rings is 1. The molecule has 1 amide bonds. The van der Waals surface area contributed by atoms with E-state index in [0.717, 1.165) is 4.57 Å². The molecule has 4 rings (SSSR count). The monoisotopic (exact) mass is 507 g/mol. The van der Waals surface area contributed by atoms with E-state index in [1.165, 1.54) is 34.7 Å². The zero-order chi connectivity index (χ0) is 21.6. The van der Waals surface area contributed by atoms with Crippen molar-refractivity contribution in [2.24, 2.45) is 21.1 Å². The van der Waals surface area contributed by atoms with Crippen molar-refractivity contribution in [1.82, 2.24) is 28.9 Å². The van der Waals surface area contributed by atoms with Gasteiger partial charge in [-0.1, -0.05) is 23.5 Å². The lowest BCUT2D eigenvalue weighted by molar-refractivity contribution is 0.102. The third-order valence-electron chi connectivity index (χ3n) is 4.36. The normalized spacial score (nSPS) is 11.2. The summed E-state index contributed by atoms with van der Waals surface area (Å²) in [5.41, 5.74) is 0.215. The Bertz CT molecular complexity index is 1420. The maximum absolute atomic E-state index is 12.5. The van der Waals surface area contributed by atoms with Gasteiger partial charge in [-0.2, -0.15) is 0 Å². The first-order chi connectivity index (χ1) is 14.3. The van der Waals surface area contributed by atoms with Crippen molar-refractivity contribution in [2.45, 2.75) is 9.50 Å². The molecular formula is C17H14BrN7O3S2. The number of nitrogens with one attached hydrogen (secondary N) is 1. The second-order valence-electron chi connectivity index (χ2n) is 6.24. The predicted octanol–water partition coefficient (Wildman–Crippen LogP) is 1.99. The van der Waals surface area contributed by atoms with E-state index in [0.29, 0.717) is 35.8 Å². The third-order valence-corrected chi connectivity index (χ3v) is 6.99. The number of anilines is 1. The Morgan fingerprint density at radius 2 is 1.83 bits per heavy atom. The average molecular weight is 508 g/mol. The van der Waals surface area contributed by atoms with E-state index in [-0.39, 0.29) is 5.91 Å². The number of rotatable bonds is 4. The average Bonchev–Trinajstić information content (AvgIpc) is 3.29. The molecule has 4 aromatic rings. The highest BCUT2D eigenvalue weighted by atomic mass is 79.9. The zero-order valence-corrected chi connectivity index (χ0v) is 19.1. The number of aryl methyl sites for hydroxylation is 2. The Hall–Kier alpha value is -2.77. The smallest absolute Gasteiger partial charge is 0.316 e. The van der Waals surface area contributed by atoms with Crippen LogP contribution in [0.5, 0.6) is 0 Å². The van der Waals surface area contributed by atoms with Gasteiger partial charge in [-0.25, -0.2) is 9.78 Å². The topological polar surface area (TPSA) is 117 Å². The van der Waals surface area contributed by atoms with Crippen molar-refractivity contribution >= 4 is 61.2 Å². The van der Waals surface area contributed by atoms with Crippen LogP contribution in [0.2, 0.25) is 0 Å². The van der Waals surface area contributed by atoms with Crippen molar-refractivity contribution in [1.29, 1.82) is 0 Å². The number of nitrogens with zero attached hydrogens (tertiary/aromatic N) is 6. The molecule has 1 N–H and O–H groups in total. The van der Waals surface area contributed by atoms with Gasteiger partial charge in [0.2, 0.25) is 5.13 Å². The van der Waals surface area contributed by atoms with E-state index in [4.69, 9.17) is 0 Å². The van der Waals surface area contributed by atoms with Crippen LogP contribution in [0.3, 0.4) is 0 Å². The lowest BCUT2D eigenvalue weighted by Gasteiger charge is -2.03. The van der Waals surface area contributed by atoms with E-state index < -0.39 is 11.2 Å². The minimum atomic E-state index is -0.449. The standard InChI is InChI=1S/C17H14BrN7O3S2/c1-23-10-11(24(2)17(28)25(3)13(10)27)19-15(23)30-16-22-21-14(29-16)20-12(26)8-6-4-5-7-9(8)18/h4-7H,1-3H3,(H,20,21,26). The van der Waals surface area contributed by atoms with Crippen LogP contribution < -0.4 is 16.6 Å². The summed E-state index contributed by atoms with van der Waals surface area (Å²) in [6, 6.07) is 7.06. The van der Waals surface area contributed by atoms with Crippen LogP contribution in [0.25, 0.3) is 11.2 Å². The summed E-state index contributed by atoms with van der Waals surface area (Å²) < 4.78 is 5.18. The molecule has 3 aromatic heterocycles. The number of halogens is 1. The molecule has 30 heavy (non-hydrogen) atoms. The van der Waals surface area contributed by atoms with Gasteiger partial charge in [-0.3, -0.25) is 24.0 Å². The molecule has 0 saturated heterocycles. The molecule has 0 aliphatic rings. The zero-order valence-electron chi connectivity index (χ0n) is 15.9. The predicted molar refractivity (Wildman–Crippen MR) is 117 cm³/mol. The lowest BCUT2D eigenvalue weighted by atomic mass is 10.2. The maximum atomic E-state index is 12.5. The van der Waals surface area contributed by atoms with E-state index in [1.54, 1.807) is 36.9 Å². The van der Waals surface area contributed by atoms with Gasteiger partial charge < -0.3 is 4.57 Å². The van der Waals surface area contributed by atoms with E-state index in [1.807, 2.05) is 6.07 Å². The fourth-order valence-electron chi connectivity index (χ4n) is 2.78. The quantitative estimate of drug-likeness (QED) is 0.419. The highest BCUT2D eigenvalue weighted by Gasteiger charge is 2.19. The summed E-state index contributed by atoms with van der Waals surface area (Å²) in [4.78, 5) is 41.5. The number of aromatic nitrogens is 6. The summed E-state index contributed by atoms with van der Waals surface area (Å²) in [7, 11) is 4.68. The van der Waals surface area contributed by atoms with Crippen LogP contribution in [0.1, 0.15) is 10.4 Å². The number of hydrogen-bond donors (Lipinski definition) is 1. The summed E-state index contributed by atoms with van der Waals surface area (Å²) >= 11 is 5.71. The molecule has 0 radical (unpaired) electrons. The van der Waals surface area contributed by atoms with Crippen molar-refractivity contribution in [3.63, 3.8) is 0 Å². The number of hydrogen-bond acceptors (Lipinski definition) is 8. The van der Waals surface area contributed by atoms with Crippen LogP contribution in [0, 0.1) is 0 Å². The van der Waals surface area contributed by atoms with Crippen molar-refractivity contribution < 1.29 is 4.79 Å². The van der Waals surface area contributed by atoms with E-state index in [2.05, 4.69) is 36.4 Å². The Morgan fingerprint density at radius 1 is 1.10 bits per heavy atom. The second kappa shape index (κ2) is 7.81. The fourth-order valence-corrected chi connectivity index (χ4v) is 4.94. The molecule has 0 unspecified atom stereocenters. The Kier molecular flexibility index (Phi) is 5.34. The van der Waals surface area contributed by atoms with Crippen LogP contribution in [0.15, 0.2) is 47.8 Å². The van der Waals surface area contributed by atoms with Gasteiger partial charge >= 0.3 is 5.69 Å². The molecular weight excluding hydrogens is 494 g/mol. The van der Waals surface area contributed by atoms with Gasteiger partial charge in [-0.05, 0) is 39.8 Å². The minimum Gasteiger partial charge on any atom is -0.316 e. The molecule has 10 nitrogen and oxygen atoms in total. The fraction of sp³-hybridized carbons (Fsp3) is 0.176. The second-order valence-corrected chi connectivity index (χ2v) is 9.29. The summed E-state index contributed by atoms with van der Waals surface area (Å²) in [5.74, 6) is -0.309. The highest BCUT2D eigenvalue weighted by molar-refractivity contribution is 9.10. The molecule has 0 spiro atoms. The van der Waals surface area contributed by atoms with Crippen molar-refractivity contribution in [2.75, 3.05) is 5.32 Å². The van der Waals surface area contributed by atoms with Crippen LogP contribution in [-0.2, 0) is 21.1 Å². The molecule has 0 saturated carbocycles. The third kappa shape index (κ3) is 3.48. The molecule has 0 aliphatic carbocycles. The first kappa shape index (κ1) is 20.5. The van der Waals surface area contributed by atoms with Gasteiger partial charge in [0.15, 0.2) is 20.7 Å². The maximum Gasteiger partial charge on any atom is 0.332 e. The highest BCUT2D eigenvalue weighted by Crippen LogP contribution is 2.32. The summed E-state index contributed by atoms with van der Waals surface area (Å²) in [5, 5.41) is 11.6. The SMILES string of the molecule is Cn1c(=O)c2c(nc(Sc3nnc(NC(=O)c4ccccc4Br)s3)n2C)n(C)c1=O. The van der Waals surface area contributed by atoms with Gasteiger partial charge in [0.25, 0.3) is 11.5 Å². The molecule has 0 fully saturated rings. The molecule has 0 bridgehead atoms. The Morgan fingerprint density at radius 3 is 2.57 bits per heavy atom. The van der Waals surface area contributed by atoms with Gasteiger partial charge in [0.05, 0.1) is 5.56 Å². The van der Waals surface area contributed by atoms with Gasteiger partial charge in [0, 0.05) is 25.6 Å². The number of carbonyl (C=O) groups excluding carboxylic acids is 1. The number of amides is 1. The number of carbonyl (C=O) groups is 1. The van der Waals surface area contributed by atoms with Crippen molar-refractivity contribution in [3.05, 3.63) is 55.1 Å². The van der Waals surface area contributed by atoms with E-state index in [9.17, 15) is 14.4 Å².